The Morgan fingerprint density at radius 3 is 2.78 bits per heavy atom. The summed E-state index contributed by atoms with van der Waals surface area (Å²) in [6, 6.07) is 8.48. The summed E-state index contributed by atoms with van der Waals surface area (Å²) >= 11 is 1.77. The van der Waals surface area contributed by atoms with Crippen LogP contribution < -0.4 is 5.32 Å². The number of amides is 1. The molecule has 1 atom stereocenters. The SMILES string of the molecule is CN=C(NCc1csc2ccccc12)N1CCN(C(=O)C2CCCO2)CC1. The molecule has 0 saturated carbocycles. The van der Waals surface area contributed by atoms with E-state index in [0.717, 1.165) is 51.5 Å². The third-order valence-corrected chi connectivity index (χ3v) is 6.32. The Bertz CT molecular complexity index is 820. The summed E-state index contributed by atoms with van der Waals surface area (Å²) in [6.45, 7) is 4.50. The van der Waals surface area contributed by atoms with Crippen LogP contribution in [0.5, 0.6) is 0 Å². The van der Waals surface area contributed by atoms with Crippen molar-refractivity contribution in [1.82, 2.24) is 15.1 Å². The minimum Gasteiger partial charge on any atom is -0.368 e. The highest BCUT2D eigenvalue weighted by Gasteiger charge is 2.30. The van der Waals surface area contributed by atoms with Crippen molar-refractivity contribution in [3.05, 3.63) is 35.2 Å². The lowest BCUT2D eigenvalue weighted by molar-refractivity contribution is -0.142. The van der Waals surface area contributed by atoms with Gasteiger partial charge in [-0.3, -0.25) is 9.79 Å². The van der Waals surface area contributed by atoms with E-state index in [1.54, 1.807) is 11.3 Å². The number of piperazine rings is 1. The van der Waals surface area contributed by atoms with E-state index >= 15 is 0 Å². The molecule has 144 valence electrons. The van der Waals surface area contributed by atoms with E-state index in [-0.39, 0.29) is 12.0 Å². The van der Waals surface area contributed by atoms with Crippen LogP contribution in [0.1, 0.15) is 18.4 Å². The zero-order valence-electron chi connectivity index (χ0n) is 15.7. The lowest BCUT2D eigenvalue weighted by Gasteiger charge is -2.37. The maximum Gasteiger partial charge on any atom is 0.251 e. The summed E-state index contributed by atoms with van der Waals surface area (Å²) in [5.74, 6) is 1.05. The number of ether oxygens (including phenoxy) is 1. The van der Waals surface area contributed by atoms with Crippen LogP contribution in [0.15, 0.2) is 34.6 Å². The average Bonchev–Trinajstić information content (AvgIpc) is 3.39. The van der Waals surface area contributed by atoms with Gasteiger partial charge in [0.05, 0.1) is 0 Å². The van der Waals surface area contributed by atoms with Gasteiger partial charge in [-0.05, 0) is 35.2 Å². The van der Waals surface area contributed by atoms with Gasteiger partial charge in [0, 0.05) is 51.1 Å². The summed E-state index contributed by atoms with van der Waals surface area (Å²) in [5.41, 5.74) is 1.30. The molecule has 2 aliphatic rings. The monoisotopic (exact) mass is 386 g/mol. The van der Waals surface area contributed by atoms with Crippen molar-refractivity contribution >= 4 is 33.3 Å². The summed E-state index contributed by atoms with van der Waals surface area (Å²) in [5, 5.41) is 7.00. The van der Waals surface area contributed by atoms with Crippen LogP contribution in [-0.4, -0.2) is 67.6 Å². The highest BCUT2D eigenvalue weighted by molar-refractivity contribution is 7.17. The number of nitrogens with one attached hydrogen (secondary N) is 1. The van der Waals surface area contributed by atoms with E-state index < -0.39 is 0 Å². The van der Waals surface area contributed by atoms with Crippen LogP contribution in [0.3, 0.4) is 0 Å². The van der Waals surface area contributed by atoms with Crippen LogP contribution in [-0.2, 0) is 16.1 Å². The van der Waals surface area contributed by atoms with Gasteiger partial charge in [0.2, 0.25) is 0 Å². The first kappa shape index (κ1) is 18.3. The van der Waals surface area contributed by atoms with E-state index in [4.69, 9.17) is 4.74 Å². The first-order chi connectivity index (χ1) is 13.3. The van der Waals surface area contributed by atoms with Gasteiger partial charge in [0.1, 0.15) is 6.10 Å². The second-order valence-corrected chi connectivity index (χ2v) is 7.88. The van der Waals surface area contributed by atoms with Crippen molar-refractivity contribution in [2.45, 2.75) is 25.5 Å². The number of nitrogens with zero attached hydrogens (tertiary/aromatic N) is 3. The summed E-state index contributed by atoms with van der Waals surface area (Å²) in [6.07, 6.45) is 1.63. The first-order valence-electron chi connectivity index (χ1n) is 9.57. The molecule has 2 aromatic rings. The predicted octanol–water partition coefficient (Wildman–Crippen LogP) is 2.30. The van der Waals surface area contributed by atoms with E-state index in [0.29, 0.717) is 6.61 Å². The fraction of sp³-hybridized carbons (Fsp3) is 0.500. The first-order valence-corrected chi connectivity index (χ1v) is 10.5. The molecule has 0 aliphatic carbocycles. The molecular formula is C20H26N4O2S. The van der Waals surface area contributed by atoms with Crippen molar-refractivity contribution in [3.63, 3.8) is 0 Å². The van der Waals surface area contributed by atoms with Gasteiger partial charge in [-0.25, -0.2) is 0 Å². The van der Waals surface area contributed by atoms with Crippen molar-refractivity contribution in [2.75, 3.05) is 39.8 Å². The second kappa shape index (κ2) is 8.27. The normalized spacial score (nSPS) is 21.1. The molecule has 2 fully saturated rings. The topological polar surface area (TPSA) is 57.2 Å². The van der Waals surface area contributed by atoms with Crippen molar-refractivity contribution in [1.29, 1.82) is 0 Å². The number of benzene rings is 1. The van der Waals surface area contributed by atoms with Crippen LogP contribution >= 0.6 is 11.3 Å². The number of hydrogen-bond donors (Lipinski definition) is 1. The number of aliphatic imine (C=N–C) groups is 1. The molecule has 6 nitrogen and oxygen atoms in total. The van der Waals surface area contributed by atoms with E-state index in [9.17, 15) is 4.79 Å². The van der Waals surface area contributed by atoms with Crippen LogP contribution in [0, 0.1) is 0 Å². The standard InChI is InChI=1S/C20H26N4O2S/c1-21-20(22-13-15-14-27-18-7-3-2-5-16(15)18)24-10-8-23(9-11-24)19(25)17-6-4-12-26-17/h2-3,5,7,14,17H,4,6,8-13H2,1H3,(H,21,22). The van der Waals surface area contributed by atoms with Gasteiger partial charge in [-0.1, -0.05) is 18.2 Å². The van der Waals surface area contributed by atoms with Crippen LogP contribution in [0.2, 0.25) is 0 Å². The molecule has 1 unspecified atom stereocenters. The minimum absolute atomic E-state index is 0.153. The quantitative estimate of drug-likeness (QED) is 0.650. The second-order valence-electron chi connectivity index (χ2n) is 6.97. The van der Waals surface area contributed by atoms with Crippen LogP contribution in [0.4, 0.5) is 0 Å². The molecule has 7 heteroatoms. The third-order valence-electron chi connectivity index (χ3n) is 5.31. The number of rotatable bonds is 3. The van der Waals surface area contributed by atoms with Gasteiger partial charge >= 0.3 is 0 Å². The molecule has 0 bridgehead atoms. The Balaban J connectivity index is 1.32. The summed E-state index contributed by atoms with van der Waals surface area (Å²) in [4.78, 5) is 21.1. The number of thiophene rings is 1. The number of hydrogen-bond acceptors (Lipinski definition) is 4. The largest absolute Gasteiger partial charge is 0.368 e. The summed E-state index contributed by atoms with van der Waals surface area (Å²) < 4.78 is 6.85. The molecule has 3 heterocycles. The fourth-order valence-electron chi connectivity index (χ4n) is 3.79. The van der Waals surface area contributed by atoms with Crippen molar-refractivity contribution in [3.8, 4) is 0 Å². The zero-order valence-corrected chi connectivity index (χ0v) is 16.5. The van der Waals surface area contributed by atoms with Crippen LogP contribution in [0.25, 0.3) is 10.1 Å². The highest BCUT2D eigenvalue weighted by Crippen LogP contribution is 2.25. The van der Waals surface area contributed by atoms with Gasteiger partial charge in [-0.15, -0.1) is 11.3 Å². The molecule has 1 N–H and O–H groups in total. The third kappa shape index (κ3) is 3.94. The van der Waals surface area contributed by atoms with E-state index in [1.807, 2.05) is 11.9 Å². The van der Waals surface area contributed by atoms with Gasteiger partial charge < -0.3 is 19.9 Å². The number of carbonyl (C=O) groups excluding carboxylic acids is 1. The smallest absolute Gasteiger partial charge is 0.251 e. The number of carbonyl (C=O) groups is 1. The van der Waals surface area contributed by atoms with E-state index in [1.165, 1.54) is 15.6 Å². The Morgan fingerprint density at radius 2 is 2.04 bits per heavy atom. The van der Waals surface area contributed by atoms with Crippen molar-refractivity contribution in [2.24, 2.45) is 4.99 Å². The fourth-order valence-corrected chi connectivity index (χ4v) is 4.75. The van der Waals surface area contributed by atoms with Gasteiger partial charge in [0.15, 0.2) is 5.96 Å². The van der Waals surface area contributed by atoms with Gasteiger partial charge in [0.25, 0.3) is 5.91 Å². The average molecular weight is 387 g/mol. The minimum atomic E-state index is -0.221. The molecule has 27 heavy (non-hydrogen) atoms. The zero-order chi connectivity index (χ0) is 18.6. The lowest BCUT2D eigenvalue weighted by Crippen LogP contribution is -2.55. The molecule has 2 saturated heterocycles. The van der Waals surface area contributed by atoms with Gasteiger partial charge in [-0.2, -0.15) is 0 Å². The maximum absolute atomic E-state index is 12.5. The molecule has 4 rings (SSSR count). The summed E-state index contributed by atoms with van der Waals surface area (Å²) in [7, 11) is 1.82. The Morgan fingerprint density at radius 1 is 1.26 bits per heavy atom. The Labute approximate surface area is 163 Å². The molecule has 1 aromatic heterocycles. The predicted molar refractivity (Wildman–Crippen MR) is 109 cm³/mol. The Hall–Kier alpha value is -2.12. The molecule has 0 radical (unpaired) electrons. The molecule has 1 amide bonds. The Kier molecular flexibility index (Phi) is 5.59. The highest BCUT2D eigenvalue weighted by atomic mass is 32.1. The maximum atomic E-state index is 12.5. The lowest BCUT2D eigenvalue weighted by atomic mass is 10.2. The molecule has 2 aliphatic heterocycles. The van der Waals surface area contributed by atoms with E-state index in [2.05, 4.69) is 44.9 Å². The van der Waals surface area contributed by atoms with Crippen molar-refractivity contribution < 1.29 is 9.53 Å². The molecule has 1 aromatic carbocycles. The number of guanidine groups is 1. The number of fused-ring (bicyclic) bond motifs is 1. The molecular weight excluding hydrogens is 360 g/mol. The molecule has 0 spiro atoms.